The van der Waals surface area contributed by atoms with Crippen LogP contribution in [0.4, 0.5) is 0 Å². The molecule has 4 heteroatoms. The van der Waals surface area contributed by atoms with Gasteiger partial charge in [0.2, 0.25) is 0 Å². The standard InChI is InChI=1S/C9H22N2O2/c1-2-4-11(5-3-10)6-8-13-9-7-12/h12H,2-10H2,1H3. The highest BCUT2D eigenvalue weighted by Gasteiger charge is 2.01. The third-order valence-electron chi connectivity index (χ3n) is 1.77. The Hall–Kier alpha value is -0.160. The van der Waals surface area contributed by atoms with Crippen molar-refractivity contribution in [1.82, 2.24) is 4.90 Å². The lowest BCUT2D eigenvalue weighted by molar-refractivity contribution is 0.0742. The molecule has 0 saturated heterocycles. The highest BCUT2D eigenvalue weighted by Crippen LogP contribution is 1.90. The molecule has 0 saturated carbocycles. The maximum atomic E-state index is 8.48. The first kappa shape index (κ1) is 12.8. The minimum Gasteiger partial charge on any atom is -0.394 e. The van der Waals surface area contributed by atoms with Crippen LogP contribution in [0.15, 0.2) is 0 Å². The fourth-order valence-corrected chi connectivity index (χ4v) is 1.19. The molecule has 0 aromatic heterocycles. The van der Waals surface area contributed by atoms with Crippen LogP contribution >= 0.6 is 0 Å². The van der Waals surface area contributed by atoms with Gasteiger partial charge in [-0.1, -0.05) is 6.92 Å². The number of rotatable bonds is 9. The molecule has 0 fully saturated rings. The largest absolute Gasteiger partial charge is 0.394 e. The van der Waals surface area contributed by atoms with Crippen LogP contribution in [0.25, 0.3) is 0 Å². The highest BCUT2D eigenvalue weighted by atomic mass is 16.5. The fourth-order valence-electron chi connectivity index (χ4n) is 1.19. The average molecular weight is 190 g/mol. The van der Waals surface area contributed by atoms with E-state index in [0.717, 1.165) is 26.1 Å². The molecule has 0 bridgehead atoms. The van der Waals surface area contributed by atoms with Gasteiger partial charge in [0, 0.05) is 19.6 Å². The normalized spacial score (nSPS) is 11.1. The van der Waals surface area contributed by atoms with Crippen molar-refractivity contribution in [1.29, 1.82) is 0 Å². The van der Waals surface area contributed by atoms with E-state index >= 15 is 0 Å². The summed E-state index contributed by atoms with van der Waals surface area (Å²) in [4.78, 5) is 2.28. The van der Waals surface area contributed by atoms with Gasteiger partial charge in [-0.15, -0.1) is 0 Å². The molecule has 0 aromatic rings. The summed E-state index contributed by atoms with van der Waals surface area (Å²) in [6, 6.07) is 0. The third kappa shape index (κ3) is 8.18. The molecule has 0 rings (SSSR count). The highest BCUT2D eigenvalue weighted by molar-refractivity contribution is 4.56. The minimum absolute atomic E-state index is 0.102. The van der Waals surface area contributed by atoms with E-state index in [0.29, 0.717) is 19.8 Å². The van der Waals surface area contributed by atoms with Crippen LogP contribution in [0, 0.1) is 0 Å². The van der Waals surface area contributed by atoms with Crippen LogP contribution in [-0.4, -0.2) is 56.0 Å². The smallest absolute Gasteiger partial charge is 0.0698 e. The summed E-state index contributed by atoms with van der Waals surface area (Å²) in [5, 5.41) is 8.48. The van der Waals surface area contributed by atoms with Gasteiger partial charge >= 0.3 is 0 Å². The van der Waals surface area contributed by atoms with Crippen molar-refractivity contribution in [3.63, 3.8) is 0 Å². The van der Waals surface area contributed by atoms with E-state index in [1.165, 1.54) is 0 Å². The molecule has 0 aliphatic heterocycles. The summed E-state index contributed by atoms with van der Waals surface area (Å²) in [5.74, 6) is 0. The molecule has 0 unspecified atom stereocenters. The second kappa shape index (κ2) is 9.92. The first-order valence-electron chi connectivity index (χ1n) is 4.96. The predicted molar refractivity (Wildman–Crippen MR) is 53.7 cm³/mol. The van der Waals surface area contributed by atoms with Crippen LogP contribution < -0.4 is 5.73 Å². The van der Waals surface area contributed by atoms with E-state index in [-0.39, 0.29) is 6.61 Å². The lowest BCUT2D eigenvalue weighted by Crippen LogP contribution is -2.33. The number of nitrogens with two attached hydrogens (primary N) is 1. The number of hydrogen-bond donors (Lipinski definition) is 2. The van der Waals surface area contributed by atoms with Crippen molar-refractivity contribution in [3.8, 4) is 0 Å². The monoisotopic (exact) mass is 190 g/mol. The molecule has 0 spiro atoms. The third-order valence-corrected chi connectivity index (χ3v) is 1.77. The molecule has 0 aliphatic rings. The Balaban J connectivity index is 3.33. The van der Waals surface area contributed by atoms with Crippen LogP contribution in [0.3, 0.4) is 0 Å². The number of aliphatic hydroxyl groups excluding tert-OH is 1. The molecule has 0 radical (unpaired) electrons. The van der Waals surface area contributed by atoms with Crippen molar-refractivity contribution < 1.29 is 9.84 Å². The Morgan fingerprint density at radius 3 is 2.54 bits per heavy atom. The number of nitrogens with zero attached hydrogens (tertiary/aromatic N) is 1. The molecule has 0 heterocycles. The van der Waals surface area contributed by atoms with Gasteiger partial charge in [-0.05, 0) is 13.0 Å². The van der Waals surface area contributed by atoms with Crippen LogP contribution in [0.1, 0.15) is 13.3 Å². The summed E-state index contributed by atoms with van der Waals surface area (Å²) in [6.45, 7) is 6.97. The SMILES string of the molecule is CCCN(CCN)CCOCCO. The summed E-state index contributed by atoms with van der Waals surface area (Å²) in [6.07, 6.45) is 1.14. The van der Waals surface area contributed by atoms with Crippen LogP contribution in [0.2, 0.25) is 0 Å². The lowest BCUT2D eigenvalue weighted by atomic mass is 10.4. The Bertz CT molecular complexity index is 95.6. The van der Waals surface area contributed by atoms with E-state index < -0.39 is 0 Å². The summed E-state index contributed by atoms with van der Waals surface area (Å²) >= 11 is 0. The van der Waals surface area contributed by atoms with E-state index in [9.17, 15) is 0 Å². The first-order chi connectivity index (χ1) is 6.35. The number of hydrogen-bond acceptors (Lipinski definition) is 4. The maximum Gasteiger partial charge on any atom is 0.0698 e. The van der Waals surface area contributed by atoms with Gasteiger partial charge in [0.1, 0.15) is 0 Å². The zero-order chi connectivity index (χ0) is 9.94. The number of aliphatic hydroxyl groups is 1. The molecular weight excluding hydrogens is 168 g/mol. The second-order valence-corrected chi connectivity index (χ2v) is 2.97. The van der Waals surface area contributed by atoms with E-state index in [2.05, 4.69) is 11.8 Å². The fraction of sp³-hybridized carbons (Fsp3) is 1.00. The zero-order valence-electron chi connectivity index (χ0n) is 8.54. The molecule has 0 atom stereocenters. The molecule has 3 N–H and O–H groups in total. The van der Waals surface area contributed by atoms with Crippen molar-refractivity contribution in [2.24, 2.45) is 5.73 Å². The topological polar surface area (TPSA) is 58.7 Å². The Morgan fingerprint density at radius 1 is 1.23 bits per heavy atom. The Kier molecular flexibility index (Phi) is 9.80. The molecule has 0 aromatic carbocycles. The van der Waals surface area contributed by atoms with Crippen molar-refractivity contribution in [2.45, 2.75) is 13.3 Å². The van der Waals surface area contributed by atoms with Gasteiger partial charge in [0.05, 0.1) is 19.8 Å². The maximum absolute atomic E-state index is 8.48. The van der Waals surface area contributed by atoms with E-state index in [1.54, 1.807) is 0 Å². The van der Waals surface area contributed by atoms with E-state index in [1.807, 2.05) is 0 Å². The second-order valence-electron chi connectivity index (χ2n) is 2.97. The van der Waals surface area contributed by atoms with Gasteiger partial charge < -0.3 is 15.6 Å². The van der Waals surface area contributed by atoms with Crippen LogP contribution in [-0.2, 0) is 4.74 Å². The lowest BCUT2D eigenvalue weighted by Gasteiger charge is -2.20. The average Bonchev–Trinajstić information content (AvgIpc) is 2.13. The molecule has 13 heavy (non-hydrogen) atoms. The van der Waals surface area contributed by atoms with Crippen molar-refractivity contribution >= 4 is 0 Å². The predicted octanol–water partition coefficient (Wildman–Crippen LogP) is -0.334. The zero-order valence-corrected chi connectivity index (χ0v) is 8.54. The Labute approximate surface area is 80.7 Å². The molecule has 0 aliphatic carbocycles. The van der Waals surface area contributed by atoms with Crippen LogP contribution in [0.5, 0.6) is 0 Å². The van der Waals surface area contributed by atoms with Gasteiger partial charge in [-0.25, -0.2) is 0 Å². The summed E-state index contributed by atoms with van der Waals surface area (Å²) < 4.78 is 5.17. The molecular formula is C9H22N2O2. The molecule has 4 nitrogen and oxygen atoms in total. The van der Waals surface area contributed by atoms with Gasteiger partial charge in [0.15, 0.2) is 0 Å². The number of ether oxygens (including phenoxy) is 1. The minimum atomic E-state index is 0.102. The quantitative estimate of drug-likeness (QED) is 0.489. The van der Waals surface area contributed by atoms with E-state index in [4.69, 9.17) is 15.6 Å². The van der Waals surface area contributed by atoms with Crippen molar-refractivity contribution in [2.75, 3.05) is 46.0 Å². The summed E-state index contributed by atoms with van der Waals surface area (Å²) in [7, 11) is 0. The van der Waals surface area contributed by atoms with Crippen molar-refractivity contribution in [3.05, 3.63) is 0 Å². The van der Waals surface area contributed by atoms with Gasteiger partial charge in [-0.2, -0.15) is 0 Å². The van der Waals surface area contributed by atoms with Gasteiger partial charge in [-0.3, -0.25) is 4.90 Å². The Morgan fingerprint density at radius 2 is 2.00 bits per heavy atom. The summed E-state index contributed by atoms with van der Waals surface area (Å²) in [5.41, 5.74) is 5.47. The first-order valence-corrected chi connectivity index (χ1v) is 4.96. The molecule has 0 amide bonds. The van der Waals surface area contributed by atoms with Gasteiger partial charge in [0.25, 0.3) is 0 Å². The molecule has 80 valence electrons.